The lowest BCUT2D eigenvalue weighted by molar-refractivity contribution is 0.386. The van der Waals surface area contributed by atoms with E-state index in [1.54, 1.807) is 12.1 Å². The van der Waals surface area contributed by atoms with Crippen LogP contribution in [0.15, 0.2) is 18.2 Å². The highest BCUT2D eigenvalue weighted by Gasteiger charge is 2.06. The van der Waals surface area contributed by atoms with Crippen LogP contribution >= 0.6 is 0 Å². The summed E-state index contributed by atoms with van der Waals surface area (Å²) in [4.78, 5) is 0. The molecule has 0 aliphatic carbocycles. The number of rotatable bonds is 6. The molecule has 0 radical (unpaired) electrons. The number of nitrogens with two attached hydrogens (primary N) is 1. The van der Waals surface area contributed by atoms with Crippen molar-refractivity contribution < 1.29 is 13.3 Å². The third-order valence-corrected chi connectivity index (χ3v) is 3.52. The summed E-state index contributed by atoms with van der Waals surface area (Å²) >= 11 is 0. The highest BCUT2D eigenvalue weighted by molar-refractivity contribution is 7.84. The zero-order valence-electron chi connectivity index (χ0n) is 9.24. The summed E-state index contributed by atoms with van der Waals surface area (Å²) in [5.41, 5.74) is 6.04. The SMILES string of the molecule is COc1ccc(CS(=O)CCCN)cc1F. The minimum atomic E-state index is -0.975. The van der Waals surface area contributed by atoms with Gasteiger partial charge in [-0.05, 0) is 30.7 Å². The molecule has 0 saturated heterocycles. The molecule has 0 aromatic heterocycles. The van der Waals surface area contributed by atoms with Gasteiger partial charge in [0.1, 0.15) is 0 Å². The van der Waals surface area contributed by atoms with Crippen molar-refractivity contribution in [1.29, 1.82) is 0 Å². The smallest absolute Gasteiger partial charge is 0.165 e. The van der Waals surface area contributed by atoms with Crippen LogP contribution in [-0.4, -0.2) is 23.6 Å². The maximum Gasteiger partial charge on any atom is 0.165 e. The van der Waals surface area contributed by atoms with E-state index in [1.165, 1.54) is 13.2 Å². The highest BCUT2D eigenvalue weighted by Crippen LogP contribution is 2.18. The van der Waals surface area contributed by atoms with E-state index in [1.807, 2.05) is 0 Å². The van der Waals surface area contributed by atoms with E-state index in [2.05, 4.69) is 0 Å². The number of hydrogen-bond donors (Lipinski definition) is 1. The molecule has 16 heavy (non-hydrogen) atoms. The first-order chi connectivity index (χ1) is 7.67. The molecule has 0 aliphatic heterocycles. The molecule has 2 N–H and O–H groups in total. The molecule has 0 fully saturated rings. The summed E-state index contributed by atoms with van der Waals surface area (Å²) in [6.45, 7) is 0.530. The van der Waals surface area contributed by atoms with Gasteiger partial charge in [-0.25, -0.2) is 4.39 Å². The molecule has 0 heterocycles. The molecule has 1 aromatic rings. The van der Waals surface area contributed by atoms with Crippen LogP contribution in [0.1, 0.15) is 12.0 Å². The Morgan fingerprint density at radius 1 is 1.50 bits per heavy atom. The molecular weight excluding hydrogens is 229 g/mol. The molecule has 1 rings (SSSR count). The summed E-state index contributed by atoms with van der Waals surface area (Å²) in [6, 6.07) is 4.63. The van der Waals surface area contributed by atoms with Gasteiger partial charge < -0.3 is 10.5 Å². The van der Waals surface area contributed by atoms with Crippen molar-refractivity contribution in [3.05, 3.63) is 29.6 Å². The Kier molecular flexibility index (Phi) is 5.42. The Balaban J connectivity index is 2.61. The fourth-order valence-corrected chi connectivity index (χ4v) is 2.49. The minimum absolute atomic E-state index is 0.205. The van der Waals surface area contributed by atoms with Crippen molar-refractivity contribution in [3.63, 3.8) is 0 Å². The first-order valence-corrected chi connectivity index (χ1v) is 6.53. The van der Waals surface area contributed by atoms with Crippen LogP contribution in [0, 0.1) is 5.82 Å². The number of ether oxygens (including phenoxy) is 1. The third-order valence-electron chi connectivity index (χ3n) is 2.12. The molecule has 1 unspecified atom stereocenters. The monoisotopic (exact) mass is 245 g/mol. The van der Waals surface area contributed by atoms with Crippen molar-refractivity contribution in [3.8, 4) is 5.75 Å². The molecular formula is C11H16FNO2S. The van der Waals surface area contributed by atoms with Gasteiger partial charge in [0.25, 0.3) is 0 Å². The van der Waals surface area contributed by atoms with Crippen molar-refractivity contribution in [2.24, 2.45) is 5.73 Å². The predicted octanol–water partition coefficient (Wildman–Crippen LogP) is 1.43. The largest absolute Gasteiger partial charge is 0.494 e. The van der Waals surface area contributed by atoms with E-state index in [9.17, 15) is 8.60 Å². The van der Waals surface area contributed by atoms with Crippen molar-refractivity contribution in [2.45, 2.75) is 12.2 Å². The summed E-state index contributed by atoms with van der Waals surface area (Å²) < 4.78 is 29.7. The molecule has 0 amide bonds. The van der Waals surface area contributed by atoms with Crippen LogP contribution in [0.4, 0.5) is 4.39 Å². The van der Waals surface area contributed by atoms with Gasteiger partial charge in [0.15, 0.2) is 11.6 Å². The normalized spacial score (nSPS) is 12.4. The van der Waals surface area contributed by atoms with E-state index in [0.29, 0.717) is 23.6 Å². The van der Waals surface area contributed by atoms with Gasteiger partial charge >= 0.3 is 0 Å². The summed E-state index contributed by atoms with van der Waals surface area (Å²) in [6.07, 6.45) is 0.727. The van der Waals surface area contributed by atoms with Gasteiger partial charge in [0.2, 0.25) is 0 Å². The van der Waals surface area contributed by atoms with Crippen LogP contribution in [-0.2, 0) is 16.6 Å². The van der Waals surface area contributed by atoms with E-state index in [0.717, 1.165) is 6.42 Å². The van der Waals surface area contributed by atoms with Gasteiger partial charge in [-0.1, -0.05) is 6.07 Å². The first kappa shape index (κ1) is 13.1. The second-order valence-electron chi connectivity index (χ2n) is 3.40. The topological polar surface area (TPSA) is 52.3 Å². The van der Waals surface area contributed by atoms with Gasteiger partial charge in [-0.3, -0.25) is 4.21 Å². The summed E-state index contributed by atoms with van der Waals surface area (Å²) in [7, 11) is 0.439. The Morgan fingerprint density at radius 2 is 2.25 bits per heavy atom. The number of hydrogen-bond acceptors (Lipinski definition) is 3. The Morgan fingerprint density at radius 3 is 2.81 bits per heavy atom. The Hall–Kier alpha value is -0.940. The average molecular weight is 245 g/mol. The summed E-state index contributed by atoms with van der Waals surface area (Å²) in [5, 5.41) is 0. The lowest BCUT2D eigenvalue weighted by atomic mass is 10.2. The Labute approximate surface area is 97.2 Å². The molecule has 90 valence electrons. The van der Waals surface area contributed by atoms with E-state index < -0.39 is 16.6 Å². The van der Waals surface area contributed by atoms with Gasteiger partial charge in [-0.2, -0.15) is 0 Å². The Bertz CT molecular complexity index is 371. The second-order valence-corrected chi connectivity index (χ2v) is 4.98. The zero-order valence-corrected chi connectivity index (χ0v) is 10.1. The fraction of sp³-hybridized carbons (Fsp3) is 0.455. The lowest BCUT2D eigenvalue weighted by Gasteiger charge is -2.05. The summed E-state index contributed by atoms with van der Waals surface area (Å²) in [5.74, 6) is 0.706. The molecule has 0 saturated carbocycles. The van der Waals surface area contributed by atoms with E-state index >= 15 is 0 Å². The maximum atomic E-state index is 13.3. The number of halogens is 1. The zero-order chi connectivity index (χ0) is 12.0. The van der Waals surface area contributed by atoms with Crippen molar-refractivity contribution in [1.82, 2.24) is 0 Å². The maximum absolute atomic E-state index is 13.3. The quantitative estimate of drug-likeness (QED) is 0.825. The van der Waals surface area contributed by atoms with Gasteiger partial charge in [0.05, 0.1) is 7.11 Å². The lowest BCUT2D eigenvalue weighted by Crippen LogP contribution is -2.07. The van der Waals surface area contributed by atoms with E-state index in [-0.39, 0.29) is 5.75 Å². The highest BCUT2D eigenvalue weighted by atomic mass is 32.2. The van der Waals surface area contributed by atoms with Crippen LogP contribution in [0.5, 0.6) is 5.75 Å². The molecule has 1 atom stereocenters. The van der Waals surface area contributed by atoms with Gasteiger partial charge in [0, 0.05) is 22.3 Å². The predicted molar refractivity (Wildman–Crippen MR) is 63.3 cm³/mol. The van der Waals surface area contributed by atoms with Crippen LogP contribution in [0.3, 0.4) is 0 Å². The minimum Gasteiger partial charge on any atom is -0.494 e. The molecule has 5 heteroatoms. The standard InChI is InChI=1S/C11H16FNO2S/c1-15-11-4-3-9(7-10(11)12)8-16(14)6-2-5-13/h3-4,7H,2,5-6,8,13H2,1H3. The molecule has 0 bridgehead atoms. The number of methoxy groups -OCH3 is 1. The first-order valence-electron chi connectivity index (χ1n) is 5.05. The van der Waals surface area contributed by atoms with Crippen molar-refractivity contribution >= 4 is 10.8 Å². The average Bonchev–Trinajstić information content (AvgIpc) is 2.26. The molecule has 0 aliphatic rings. The second kappa shape index (κ2) is 6.60. The van der Waals surface area contributed by atoms with Crippen LogP contribution in [0.2, 0.25) is 0 Å². The number of benzene rings is 1. The van der Waals surface area contributed by atoms with E-state index in [4.69, 9.17) is 10.5 Å². The van der Waals surface area contributed by atoms with Crippen molar-refractivity contribution in [2.75, 3.05) is 19.4 Å². The van der Waals surface area contributed by atoms with Crippen LogP contribution < -0.4 is 10.5 Å². The van der Waals surface area contributed by atoms with Crippen LogP contribution in [0.25, 0.3) is 0 Å². The molecule has 1 aromatic carbocycles. The third kappa shape index (κ3) is 3.90. The molecule has 3 nitrogen and oxygen atoms in total. The molecule has 0 spiro atoms. The fourth-order valence-electron chi connectivity index (χ4n) is 1.30. The van der Waals surface area contributed by atoms with Gasteiger partial charge in [-0.15, -0.1) is 0 Å².